The first-order chi connectivity index (χ1) is 8.57. The maximum absolute atomic E-state index is 13.0. The molecule has 4 heteroatoms. The van der Waals surface area contributed by atoms with Gasteiger partial charge in [0.25, 0.3) is 0 Å². The first-order valence-corrected chi connectivity index (χ1v) is 7.42. The van der Waals surface area contributed by atoms with Crippen LogP contribution in [-0.2, 0) is 4.79 Å². The van der Waals surface area contributed by atoms with Crippen molar-refractivity contribution in [1.82, 2.24) is 0 Å². The second-order valence-electron chi connectivity index (χ2n) is 4.92. The van der Waals surface area contributed by atoms with Gasteiger partial charge in [-0.15, -0.1) is 0 Å². The fourth-order valence-electron chi connectivity index (χ4n) is 2.64. The number of carbonyl (C=O) groups excluding carboxylic acids is 1. The topological polar surface area (TPSA) is 29.1 Å². The molecule has 0 saturated heterocycles. The number of benzene rings is 1. The van der Waals surface area contributed by atoms with Gasteiger partial charge in [0.05, 0.1) is 5.69 Å². The summed E-state index contributed by atoms with van der Waals surface area (Å²) < 4.78 is 13.8. The number of rotatable bonds is 3. The average Bonchev–Trinajstić information content (AvgIpc) is 2.82. The summed E-state index contributed by atoms with van der Waals surface area (Å²) in [6.45, 7) is 2.07. The standard InChI is InChI=1S/C14H17FINO/c1-2-14(7-3-4-8-14)13(18)17-12-6-5-10(15)9-11(12)16/h5-6,9H,2-4,7-8H2,1H3,(H,17,18). The van der Waals surface area contributed by atoms with Gasteiger partial charge in [-0.05, 0) is 60.1 Å². The van der Waals surface area contributed by atoms with Crippen LogP contribution < -0.4 is 5.32 Å². The molecular weight excluding hydrogens is 344 g/mol. The third-order valence-electron chi connectivity index (χ3n) is 3.90. The summed E-state index contributed by atoms with van der Waals surface area (Å²) in [5.41, 5.74) is 0.499. The van der Waals surface area contributed by atoms with E-state index in [0.717, 1.165) is 35.7 Å². The monoisotopic (exact) mass is 361 g/mol. The molecule has 0 aromatic heterocycles. The van der Waals surface area contributed by atoms with Gasteiger partial charge >= 0.3 is 0 Å². The van der Waals surface area contributed by atoms with Crippen LogP contribution in [0.4, 0.5) is 10.1 Å². The van der Waals surface area contributed by atoms with Gasteiger partial charge in [0.15, 0.2) is 0 Å². The smallest absolute Gasteiger partial charge is 0.230 e. The molecule has 0 spiro atoms. The molecule has 0 atom stereocenters. The van der Waals surface area contributed by atoms with Gasteiger partial charge in [0.1, 0.15) is 5.82 Å². The van der Waals surface area contributed by atoms with Crippen molar-refractivity contribution in [3.63, 3.8) is 0 Å². The largest absolute Gasteiger partial charge is 0.325 e. The number of hydrogen-bond acceptors (Lipinski definition) is 1. The van der Waals surface area contributed by atoms with Crippen LogP contribution in [-0.4, -0.2) is 5.91 Å². The van der Waals surface area contributed by atoms with Crippen LogP contribution in [0.3, 0.4) is 0 Å². The fraction of sp³-hybridized carbons (Fsp3) is 0.500. The lowest BCUT2D eigenvalue weighted by molar-refractivity contribution is -0.125. The molecule has 1 N–H and O–H groups in total. The van der Waals surface area contributed by atoms with Gasteiger partial charge in [0.2, 0.25) is 5.91 Å². The molecule has 98 valence electrons. The predicted molar refractivity (Wildman–Crippen MR) is 78.9 cm³/mol. The number of amides is 1. The van der Waals surface area contributed by atoms with Crippen molar-refractivity contribution in [3.8, 4) is 0 Å². The molecule has 0 aliphatic heterocycles. The molecule has 0 unspecified atom stereocenters. The van der Waals surface area contributed by atoms with E-state index in [1.165, 1.54) is 12.1 Å². The zero-order valence-electron chi connectivity index (χ0n) is 10.4. The van der Waals surface area contributed by atoms with E-state index in [4.69, 9.17) is 0 Å². The third-order valence-corrected chi connectivity index (χ3v) is 4.79. The van der Waals surface area contributed by atoms with Gasteiger partial charge in [-0.3, -0.25) is 4.79 Å². The van der Waals surface area contributed by atoms with Crippen LogP contribution >= 0.6 is 22.6 Å². The maximum atomic E-state index is 13.0. The number of nitrogens with one attached hydrogen (secondary N) is 1. The Bertz CT molecular complexity index is 455. The van der Waals surface area contributed by atoms with E-state index in [1.807, 2.05) is 22.6 Å². The zero-order valence-corrected chi connectivity index (χ0v) is 12.6. The Labute approximate surface area is 120 Å². The Kier molecular flexibility index (Phi) is 4.25. The van der Waals surface area contributed by atoms with Crippen molar-refractivity contribution in [2.24, 2.45) is 5.41 Å². The highest BCUT2D eigenvalue weighted by molar-refractivity contribution is 14.1. The lowest BCUT2D eigenvalue weighted by atomic mass is 9.82. The van der Waals surface area contributed by atoms with Crippen molar-refractivity contribution in [2.75, 3.05) is 5.32 Å². The highest BCUT2D eigenvalue weighted by Gasteiger charge is 2.39. The van der Waals surface area contributed by atoms with E-state index >= 15 is 0 Å². The van der Waals surface area contributed by atoms with Gasteiger partial charge in [-0.1, -0.05) is 19.8 Å². The summed E-state index contributed by atoms with van der Waals surface area (Å²) in [6.07, 6.45) is 5.06. The van der Waals surface area contributed by atoms with Crippen molar-refractivity contribution >= 4 is 34.2 Å². The highest BCUT2D eigenvalue weighted by atomic mass is 127. The summed E-state index contributed by atoms with van der Waals surface area (Å²) in [5, 5.41) is 2.96. The van der Waals surface area contributed by atoms with E-state index in [1.54, 1.807) is 6.07 Å². The molecule has 0 heterocycles. The SMILES string of the molecule is CCC1(C(=O)Nc2ccc(F)cc2I)CCCC1. The summed E-state index contributed by atoms with van der Waals surface area (Å²) in [4.78, 5) is 12.4. The number of halogens is 2. The van der Waals surface area contributed by atoms with Crippen LogP contribution in [0.15, 0.2) is 18.2 Å². The summed E-state index contributed by atoms with van der Waals surface area (Å²) in [7, 11) is 0. The lowest BCUT2D eigenvalue weighted by Crippen LogP contribution is -2.33. The molecule has 18 heavy (non-hydrogen) atoms. The molecule has 0 bridgehead atoms. The fourth-order valence-corrected chi connectivity index (χ4v) is 3.25. The molecule has 2 rings (SSSR count). The van der Waals surface area contributed by atoms with Crippen LogP contribution in [0, 0.1) is 14.8 Å². The van der Waals surface area contributed by atoms with Crippen LogP contribution in [0.2, 0.25) is 0 Å². The summed E-state index contributed by atoms with van der Waals surface area (Å²) in [5.74, 6) is -0.185. The Hall–Kier alpha value is -0.650. The van der Waals surface area contributed by atoms with Crippen molar-refractivity contribution < 1.29 is 9.18 Å². The molecule has 1 aromatic rings. The maximum Gasteiger partial charge on any atom is 0.230 e. The molecule has 1 aliphatic rings. The van der Waals surface area contributed by atoms with Gasteiger partial charge in [0, 0.05) is 8.99 Å². The van der Waals surface area contributed by atoms with Crippen molar-refractivity contribution in [2.45, 2.75) is 39.0 Å². The Balaban J connectivity index is 2.15. The normalized spacial score (nSPS) is 17.7. The first-order valence-electron chi connectivity index (χ1n) is 6.34. The van der Waals surface area contributed by atoms with Crippen molar-refractivity contribution in [3.05, 3.63) is 27.6 Å². The van der Waals surface area contributed by atoms with Crippen LogP contribution in [0.1, 0.15) is 39.0 Å². The third kappa shape index (κ3) is 2.68. The minimum absolute atomic E-state index is 0.0898. The number of carbonyl (C=O) groups is 1. The molecular formula is C14H17FINO. The molecule has 1 aromatic carbocycles. The van der Waals surface area contributed by atoms with Crippen LogP contribution in [0.25, 0.3) is 0 Å². The second-order valence-corrected chi connectivity index (χ2v) is 6.08. The van der Waals surface area contributed by atoms with E-state index in [2.05, 4.69) is 12.2 Å². The summed E-state index contributed by atoms with van der Waals surface area (Å²) >= 11 is 2.04. The Morgan fingerprint density at radius 3 is 2.67 bits per heavy atom. The van der Waals surface area contributed by atoms with Crippen LogP contribution in [0.5, 0.6) is 0 Å². The van der Waals surface area contributed by atoms with E-state index in [-0.39, 0.29) is 17.1 Å². The zero-order chi connectivity index (χ0) is 13.2. The van der Waals surface area contributed by atoms with E-state index < -0.39 is 0 Å². The average molecular weight is 361 g/mol. The van der Waals surface area contributed by atoms with Gasteiger partial charge in [-0.2, -0.15) is 0 Å². The molecule has 2 nitrogen and oxygen atoms in total. The van der Waals surface area contributed by atoms with Gasteiger partial charge < -0.3 is 5.32 Å². The molecule has 0 radical (unpaired) electrons. The Morgan fingerprint density at radius 2 is 2.11 bits per heavy atom. The lowest BCUT2D eigenvalue weighted by Gasteiger charge is -2.26. The van der Waals surface area contributed by atoms with Crippen molar-refractivity contribution in [1.29, 1.82) is 0 Å². The molecule has 1 amide bonds. The number of hydrogen-bond donors (Lipinski definition) is 1. The Morgan fingerprint density at radius 1 is 1.44 bits per heavy atom. The minimum Gasteiger partial charge on any atom is -0.325 e. The first kappa shape index (κ1) is 13.8. The highest BCUT2D eigenvalue weighted by Crippen LogP contribution is 2.42. The molecule has 1 aliphatic carbocycles. The quantitative estimate of drug-likeness (QED) is 0.798. The number of anilines is 1. The second kappa shape index (κ2) is 5.55. The van der Waals surface area contributed by atoms with Gasteiger partial charge in [-0.25, -0.2) is 4.39 Å². The van der Waals surface area contributed by atoms with E-state index in [9.17, 15) is 9.18 Å². The molecule has 1 saturated carbocycles. The van der Waals surface area contributed by atoms with E-state index in [0.29, 0.717) is 5.69 Å². The molecule has 1 fully saturated rings. The predicted octanol–water partition coefficient (Wildman–Crippen LogP) is 4.34. The minimum atomic E-state index is -0.275. The summed E-state index contributed by atoms with van der Waals surface area (Å²) in [6, 6.07) is 4.45.